The normalized spacial score (nSPS) is 17.2. The van der Waals surface area contributed by atoms with E-state index in [1.54, 1.807) is 38.1 Å². The second-order valence-electron chi connectivity index (χ2n) is 4.61. The van der Waals surface area contributed by atoms with Crippen molar-refractivity contribution in [3.8, 4) is 0 Å². The highest BCUT2D eigenvalue weighted by molar-refractivity contribution is 6.30. The topological polar surface area (TPSA) is 20.2 Å². The van der Waals surface area contributed by atoms with Gasteiger partial charge in [0.25, 0.3) is 0 Å². The lowest BCUT2D eigenvalue weighted by Crippen LogP contribution is -2.42. The van der Waals surface area contributed by atoms with Crippen LogP contribution < -0.4 is 0 Å². The van der Waals surface area contributed by atoms with Gasteiger partial charge in [-0.15, -0.1) is 0 Å². The minimum atomic E-state index is -2.57. The predicted octanol–water partition coefficient (Wildman–Crippen LogP) is 4.08. The molecule has 0 saturated heterocycles. The second-order valence-corrected chi connectivity index (χ2v) is 5.05. The minimum Gasteiger partial charge on any atom is -0.384 e. The highest BCUT2D eigenvalue weighted by atomic mass is 35.5. The molecule has 1 nitrogen and oxygen atoms in total. The lowest BCUT2D eigenvalue weighted by atomic mass is 9.74. The van der Waals surface area contributed by atoms with E-state index in [0.717, 1.165) is 0 Å². The highest BCUT2D eigenvalue weighted by Crippen LogP contribution is 2.40. The fourth-order valence-corrected chi connectivity index (χ4v) is 2.16. The third-order valence-corrected chi connectivity index (χ3v) is 3.51. The van der Waals surface area contributed by atoms with Crippen LogP contribution in [-0.4, -0.2) is 11.5 Å². The first kappa shape index (κ1) is 14.4. The van der Waals surface area contributed by atoms with Gasteiger partial charge in [-0.25, -0.2) is 8.78 Å². The van der Waals surface area contributed by atoms with E-state index in [2.05, 4.69) is 0 Å². The molecule has 0 amide bonds. The number of alkyl halides is 2. The molecule has 0 aromatic heterocycles. The SMILES string of the molecule is CC(C)C(O)(c1ccc(Cl)cc1)C(C)C(F)F. The van der Waals surface area contributed by atoms with E-state index in [1.807, 2.05) is 0 Å². The molecule has 2 unspecified atom stereocenters. The van der Waals surface area contributed by atoms with E-state index in [1.165, 1.54) is 6.92 Å². The molecule has 0 radical (unpaired) electrons. The Morgan fingerprint density at radius 3 is 1.94 bits per heavy atom. The van der Waals surface area contributed by atoms with E-state index in [-0.39, 0.29) is 5.92 Å². The zero-order valence-electron chi connectivity index (χ0n) is 10.1. The summed E-state index contributed by atoms with van der Waals surface area (Å²) in [5.41, 5.74) is -1.07. The van der Waals surface area contributed by atoms with Gasteiger partial charge in [-0.2, -0.15) is 0 Å². The van der Waals surface area contributed by atoms with Crippen LogP contribution in [0.2, 0.25) is 5.02 Å². The van der Waals surface area contributed by atoms with Crippen molar-refractivity contribution in [1.82, 2.24) is 0 Å². The summed E-state index contributed by atoms with van der Waals surface area (Å²) in [5, 5.41) is 11.1. The van der Waals surface area contributed by atoms with E-state index in [9.17, 15) is 13.9 Å². The van der Waals surface area contributed by atoms with Crippen molar-refractivity contribution in [1.29, 1.82) is 0 Å². The Bertz CT molecular complexity index is 364. The van der Waals surface area contributed by atoms with Crippen LogP contribution in [0.1, 0.15) is 26.3 Å². The van der Waals surface area contributed by atoms with E-state index in [4.69, 9.17) is 11.6 Å². The van der Waals surface area contributed by atoms with Crippen molar-refractivity contribution in [3.05, 3.63) is 34.9 Å². The van der Waals surface area contributed by atoms with Gasteiger partial charge in [0.1, 0.15) is 0 Å². The van der Waals surface area contributed by atoms with Crippen LogP contribution in [-0.2, 0) is 5.60 Å². The van der Waals surface area contributed by atoms with Gasteiger partial charge >= 0.3 is 0 Å². The maximum absolute atomic E-state index is 12.9. The third kappa shape index (κ3) is 2.78. The molecule has 0 aliphatic carbocycles. The summed E-state index contributed by atoms with van der Waals surface area (Å²) in [6, 6.07) is 6.40. The molecule has 4 heteroatoms. The average Bonchev–Trinajstić information content (AvgIpc) is 2.27. The molecule has 0 spiro atoms. The molecule has 1 aromatic carbocycles. The van der Waals surface area contributed by atoms with Gasteiger partial charge in [-0.3, -0.25) is 0 Å². The lowest BCUT2D eigenvalue weighted by molar-refractivity contribution is -0.112. The predicted molar refractivity (Wildman–Crippen MR) is 65.4 cm³/mol. The molecule has 1 rings (SSSR count). The molecule has 0 aliphatic rings. The van der Waals surface area contributed by atoms with Crippen LogP contribution >= 0.6 is 11.6 Å². The van der Waals surface area contributed by atoms with E-state index >= 15 is 0 Å². The van der Waals surface area contributed by atoms with Crippen molar-refractivity contribution in [2.75, 3.05) is 0 Å². The first-order chi connectivity index (χ1) is 7.80. The zero-order chi connectivity index (χ0) is 13.2. The highest BCUT2D eigenvalue weighted by Gasteiger charge is 2.43. The number of hydrogen-bond donors (Lipinski definition) is 1. The molecule has 96 valence electrons. The number of aliphatic hydroxyl groups is 1. The summed E-state index contributed by atoms with van der Waals surface area (Å²) >= 11 is 5.75. The van der Waals surface area contributed by atoms with Gasteiger partial charge in [0, 0.05) is 5.02 Å². The maximum atomic E-state index is 12.9. The molecule has 0 aliphatic heterocycles. The van der Waals surface area contributed by atoms with Gasteiger partial charge in [-0.05, 0) is 23.6 Å². The Balaban J connectivity index is 3.20. The minimum absolute atomic E-state index is 0.312. The molecule has 0 heterocycles. The fraction of sp³-hybridized carbons (Fsp3) is 0.538. The van der Waals surface area contributed by atoms with Crippen LogP contribution in [0, 0.1) is 11.8 Å². The molecular weight excluding hydrogens is 246 g/mol. The first-order valence-electron chi connectivity index (χ1n) is 5.56. The average molecular weight is 263 g/mol. The Morgan fingerprint density at radius 1 is 1.12 bits per heavy atom. The van der Waals surface area contributed by atoms with Crippen LogP contribution in [0.3, 0.4) is 0 Å². The molecule has 17 heavy (non-hydrogen) atoms. The third-order valence-electron chi connectivity index (χ3n) is 3.26. The molecule has 2 atom stereocenters. The van der Waals surface area contributed by atoms with Gasteiger partial charge in [0.2, 0.25) is 6.43 Å². The molecule has 0 bridgehead atoms. The maximum Gasteiger partial charge on any atom is 0.244 e. The summed E-state index contributed by atoms with van der Waals surface area (Å²) in [5.74, 6) is -1.45. The standard InChI is InChI=1S/C13H17ClF2O/c1-8(2)13(17,9(3)12(15)16)10-4-6-11(14)7-5-10/h4-9,12,17H,1-3H3. The monoisotopic (exact) mass is 262 g/mol. The fourth-order valence-electron chi connectivity index (χ4n) is 2.03. The Morgan fingerprint density at radius 2 is 1.59 bits per heavy atom. The van der Waals surface area contributed by atoms with Gasteiger partial charge < -0.3 is 5.11 Å². The summed E-state index contributed by atoms with van der Waals surface area (Å²) in [6.07, 6.45) is -2.57. The van der Waals surface area contributed by atoms with E-state index < -0.39 is 17.9 Å². The molecule has 0 saturated carbocycles. The largest absolute Gasteiger partial charge is 0.384 e. The Labute approximate surface area is 105 Å². The van der Waals surface area contributed by atoms with Crippen LogP contribution in [0.5, 0.6) is 0 Å². The van der Waals surface area contributed by atoms with Crippen molar-refractivity contribution < 1.29 is 13.9 Å². The van der Waals surface area contributed by atoms with Crippen molar-refractivity contribution in [2.45, 2.75) is 32.8 Å². The molecule has 1 aromatic rings. The Hall–Kier alpha value is -0.670. The summed E-state index contributed by atoms with van der Waals surface area (Å²) < 4.78 is 25.7. The van der Waals surface area contributed by atoms with Gasteiger partial charge in [0.15, 0.2) is 0 Å². The van der Waals surface area contributed by atoms with Crippen molar-refractivity contribution >= 4 is 11.6 Å². The summed E-state index contributed by atoms with van der Waals surface area (Å²) in [7, 11) is 0. The second kappa shape index (κ2) is 5.32. The smallest absolute Gasteiger partial charge is 0.244 e. The summed E-state index contributed by atoms with van der Waals surface area (Å²) in [4.78, 5) is 0. The van der Waals surface area contributed by atoms with Crippen LogP contribution in [0.4, 0.5) is 8.78 Å². The molecule has 0 fully saturated rings. The van der Waals surface area contributed by atoms with Crippen LogP contribution in [0.15, 0.2) is 24.3 Å². The number of rotatable bonds is 4. The summed E-state index contributed by atoms with van der Waals surface area (Å²) in [6.45, 7) is 4.82. The molecular formula is C13H17ClF2O. The van der Waals surface area contributed by atoms with E-state index in [0.29, 0.717) is 10.6 Å². The first-order valence-corrected chi connectivity index (χ1v) is 5.94. The van der Waals surface area contributed by atoms with Gasteiger partial charge in [0.05, 0.1) is 11.5 Å². The number of hydrogen-bond acceptors (Lipinski definition) is 1. The van der Waals surface area contributed by atoms with Crippen LogP contribution in [0.25, 0.3) is 0 Å². The quantitative estimate of drug-likeness (QED) is 0.867. The van der Waals surface area contributed by atoms with Crippen molar-refractivity contribution in [2.24, 2.45) is 11.8 Å². The lowest BCUT2D eigenvalue weighted by Gasteiger charge is -2.38. The van der Waals surface area contributed by atoms with Gasteiger partial charge in [-0.1, -0.05) is 44.5 Å². The molecule has 1 N–H and O–H groups in total. The number of benzene rings is 1. The Kier molecular flexibility index (Phi) is 4.50. The number of halogens is 3. The van der Waals surface area contributed by atoms with Crippen molar-refractivity contribution in [3.63, 3.8) is 0 Å². The zero-order valence-corrected chi connectivity index (χ0v) is 10.9.